The Morgan fingerprint density at radius 1 is 1.47 bits per heavy atom. The van der Waals surface area contributed by atoms with Crippen LogP contribution in [0.25, 0.3) is 0 Å². The molecular formula is C11H14BN3. The summed E-state index contributed by atoms with van der Waals surface area (Å²) in [5.74, 6) is 2.35. The lowest BCUT2D eigenvalue weighted by Gasteiger charge is -2.37. The van der Waals surface area contributed by atoms with Crippen molar-refractivity contribution in [3.05, 3.63) is 29.8 Å². The highest BCUT2D eigenvalue weighted by molar-refractivity contribution is 6.68. The molecule has 76 valence electrons. The average molecular weight is 199 g/mol. The number of fused-ring (bicyclic) bond motifs is 1. The van der Waals surface area contributed by atoms with Gasteiger partial charge in [0.05, 0.1) is 5.97 Å². The number of anilines is 1. The fourth-order valence-electron chi connectivity index (χ4n) is 2.16. The summed E-state index contributed by atoms with van der Waals surface area (Å²) in [6, 6.07) is 8.30. The molecule has 1 aliphatic heterocycles. The van der Waals surface area contributed by atoms with E-state index in [1.165, 1.54) is 11.3 Å². The van der Waals surface area contributed by atoms with Crippen molar-refractivity contribution in [1.82, 2.24) is 4.81 Å². The van der Waals surface area contributed by atoms with Crippen LogP contribution in [0.2, 0.25) is 0 Å². The molecule has 0 atom stereocenters. The summed E-state index contributed by atoms with van der Waals surface area (Å²) in [5.41, 5.74) is 2.50. The van der Waals surface area contributed by atoms with Gasteiger partial charge in [-0.2, -0.15) is 0 Å². The van der Waals surface area contributed by atoms with E-state index in [-0.39, 0.29) is 6.98 Å². The summed E-state index contributed by atoms with van der Waals surface area (Å²) in [4.78, 5) is 4.21. The summed E-state index contributed by atoms with van der Waals surface area (Å²) >= 11 is 0. The van der Waals surface area contributed by atoms with E-state index in [1.54, 1.807) is 0 Å². The lowest BCUT2D eigenvalue weighted by molar-refractivity contribution is 0.505. The van der Waals surface area contributed by atoms with Crippen LogP contribution in [-0.2, 0) is 6.54 Å². The molecule has 0 radical (unpaired) electrons. The lowest BCUT2D eigenvalue weighted by atomic mass is 9.71. The van der Waals surface area contributed by atoms with Crippen molar-refractivity contribution < 1.29 is 0 Å². The van der Waals surface area contributed by atoms with E-state index in [0.717, 1.165) is 13.1 Å². The normalized spacial score (nSPS) is 16.1. The van der Waals surface area contributed by atoms with Gasteiger partial charge < -0.3 is 9.62 Å². The van der Waals surface area contributed by atoms with Gasteiger partial charge in [-0.25, -0.2) is 5.26 Å². The van der Waals surface area contributed by atoms with Crippen LogP contribution in [0.1, 0.15) is 12.5 Å². The van der Waals surface area contributed by atoms with Crippen LogP contribution in [0.3, 0.4) is 0 Å². The van der Waals surface area contributed by atoms with Crippen LogP contribution in [0.5, 0.6) is 0 Å². The van der Waals surface area contributed by atoms with Crippen LogP contribution in [0, 0.1) is 11.2 Å². The van der Waals surface area contributed by atoms with Crippen molar-refractivity contribution in [2.45, 2.75) is 13.5 Å². The zero-order valence-corrected chi connectivity index (χ0v) is 9.14. The number of para-hydroxylation sites is 1. The fourth-order valence-corrected chi connectivity index (χ4v) is 2.16. The molecule has 0 spiro atoms. The average Bonchev–Trinajstić information content (AvgIpc) is 2.27. The minimum Gasteiger partial charge on any atom is -0.389 e. The van der Waals surface area contributed by atoms with E-state index >= 15 is 0 Å². The van der Waals surface area contributed by atoms with Gasteiger partial charge in [-0.3, -0.25) is 0 Å². The largest absolute Gasteiger partial charge is 0.464 e. The molecule has 0 aliphatic carbocycles. The molecule has 3 nitrogen and oxygen atoms in total. The molecule has 2 rings (SSSR count). The maximum atomic E-state index is 9.16. The predicted octanol–water partition coefficient (Wildman–Crippen LogP) is 1.51. The summed E-state index contributed by atoms with van der Waals surface area (Å²) < 4.78 is 0. The van der Waals surface area contributed by atoms with Gasteiger partial charge in [0.2, 0.25) is 0 Å². The smallest absolute Gasteiger partial charge is 0.389 e. The number of nitrogens with zero attached hydrogens (tertiary/aromatic N) is 3. The summed E-state index contributed by atoms with van der Waals surface area (Å²) in [6.45, 7) is 3.66. The maximum absolute atomic E-state index is 9.16. The predicted molar refractivity (Wildman–Crippen MR) is 62.3 cm³/mol. The molecule has 0 N–H and O–H groups in total. The second-order valence-electron chi connectivity index (χ2n) is 3.83. The monoisotopic (exact) mass is 199 g/mol. The number of hydrogen-bond donors (Lipinski definition) is 0. The molecule has 1 aromatic rings. The molecular weight excluding hydrogens is 185 g/mol. The number of hydrogen-bond acceptors (Lipinski definition) is 3. The number of nitriles is 1. The van der Waals surface area contributed by atoms with E-state index in [9.17, 15) is 0 Å². The first-order chi connectivity index (χ1) is 7.27. The van der Waals surface area contributed by atoms with Crippen LogP contribution in [0.15, 0.2) is 24.3 Å². The van der Waals surface area contributed by atoms with Gasteiger partial charge in [-0.1, -0.05) is 18.2 Å². The molecule has 0 saturated carbocycles. The van der Waals surface area contributed by atoms with E-state index in [4.69, 9.17) is 5.26 Å². The SMILES string of the molecule is CCN1B(C#N)N(C)Cc2ccccc21. The van der Waals surface area contributed by atoms with Gasteiger partial charge in [0, 0.05) is 18.8 Å². The molecule has 0 amide bonds. The van der Waals surface area contributed by atoms with E-state index in [2.05, 4.69) is 34.6 Å². The van der Waals surface area contributed by atoms with Gasteiger partial charge in [0.15, 0.2) is 0 Å². The molecule has 1 heterocycles. The summed E-state index contributed by atoms with van der Waals surface area (Å²) in [7, 11) is 1.99. The number of benzene rings is 1. The minimum absolute atomic E-state index is 0.134. The molecule has 0 bridgehead atoms. The van der Waals surface area contributed by atoms with Crippen LogP contribution in [0.4, 0.5) is 5.69 Å². The van der Waals surface area contributed by atoms with Crippen LogP contribution in [-0.4, -0.2) is 25.4 Å². The maximum Gasteiger partial charge on any atom is 0.464 e. The Labute approximate surface area is 91.0 Å². The molecule has 0 aromatic heterocycles. The van der Waals surface area contributed by atoms with Gasteiger partial charge >= 0.3 is 6.98 Å². The highest BCUT2D eigenvalue weighted by Crippen LogP contribution is 2.27. The Balaban J connectivity index is 2.45. The Morgan fingerprint density at radius 3 is 2.87 bits per heavy atom. The second kappa shape index (κ2) is 3.96. The van der Waals surface area contributed by atoms with Crippen molar-refractivity contribution >= 4 is 12.7 Å². The quantitative estimate of drug-likeness (QED) is 0.642. The topological polar surface area (TPSA) is 30.3 Å². The molecule has 4 heteroatoms. The Bertz CT molecular complexity index is 399. The third-order valence-corrected chi connectivity index (χ3v) is 2.89. The van der Waals surface area contributed by atoms with Crippen molar-refractivity contribution in [1.29, 1.82) is 5.26 Å². The second-order valence-corrected chi connectivity index (χ2v) is 3.83. The van der Waals surface area contributed by atoms with Gasteiger partial charge in [-0.05, 0) is 25.6 Å². The highest BCUT2D eigenvalue weighted by Gasteiger charge is 2.34. The third-order valence-electron chi connectivity index (χ3n) is 2.89. The van der Waals surface area contributed by atoms with Crippen molar-refractivity contribution in [3.8, 4) is 5.97 Å². The van der Waals surface area contributed by atoms with Gasteiger partial charge in [0.1, 0.15) is 0 Å². The standard InChI is InChI=1S/C11H14BN3/c1-3-15-11-7-5-4-6-10(11)8-14(2)12(15)9-13/h4-7H,3,8H2,1-2H3. The van der Waals surface area contributed by atoms with E-state index < -0.39 is 0 Å². The van der Waals surface area contributed by atoms with Crippen molar-refractivity contribution in [2.75, 3.05) is 18.4 Å². The molecule has 1 aromatic carbocycles. The van der Waals surface area contributed by atoms with Crippen molar-refractivity contribution in [3.63, 3.8) is 0 Å². The first-order valence-electron chi connectivity index (χ1n) is 5.22. The Hall–Kier alpha value is -1.47. The van der Waals surface area contributed by atoms with Gasteiger partial charge in [-0.15, -0.1) is 0 Å². The molecule has 0 fully saturated rings. The fraction of sp³-hybridized carbons (Fsp3) is 0.364. The highest BCUT2D eigenvalue weighted by atomic mass is 15.2. The zero-order chi connectivity index (χ0) is 10.8. The lowest BCUT2D eigenvalue weighted by Crippen LogP contribution is -2.53. The minimum atomic E-state index is -0.134. The number of rotatable bonds is 1. The molecule has 0 saturated heterocycles. The Morgan fingerprint density at radius 2 is 2.20 bits per heavy atom. The molecule has 0 unspecified atom stereocenters. The molecule has 15 heavy (non-hydrogen) atoms. The third kappa shape index (κ3) is 1.59. The van der Waals surface area contributed by atoms with Gasteiger partial charge in [0.25, 0.3) is 0 Å². The first kappa shape index (κ1) is 10.1. The first-order valence-corrected chi connectivity index (χ1v) is 5.22. The molecule has 1 aliphatic rings. The summed E-state index contributed by atoms with van der Waals surface area (Å²) in [6.07, 6.45) is 0. The van der Waals surface area contributed by atoms with E-state index in [0.29, 0.717) is 0 Å². The van der Waals surface area contributed by atoms with E-state index in [1.807, 2.05) is 19.2 Å². The van der Waals surface area contributed by atoms with Crippen LogP contribution >= 0.6 is 0 Å². The summed E-state index contributed by atoms with van der Waals surface area (Å²) in [5, 5.41) is 9.16. The Kier molecular flexibility index (Phi) is 2.65. The zero-order valence-electron chi connectivity index (χ0n) is 9.14. The van der Waals surface area contributed by atoms with Crippen LogP contribution < -0.4 is 4.81 Å². The van der Waals surface area contributed by atoms with Crippen molar-refractivity contribution in [2.24, 2.45) is 0 Å².